The predicted octanol–water partition coefficient (Wildman–Crippen LogP) is 3.67. The topological polar surface area (TPSA) is 35.2 Å². The molecule has 2 aromatic carbocycles. The first-order chi connectivity index (χ1) is 10.1. The second kappa shape index (κ2) is 5.92. The lowest BCUT2D eigenvalue weighted by atomic mass is 9.91. The smallest absolute Gasteiger partial charge is 0.128 e. The molecule has 0 amide bonds. The first kappa shape index (κ1) is 14.2. The molecule has 1 heterocycles. The van der Waals surface area contributed by atoms with Gasteiger partial charge in [0.2, 0.25) is 0 Å². The van der Waals surface area contributed by atoms with Crippen molar-refractivity contribution in [2.45, 2.75) is 25.0 Å². The van der Waals surface area contributed by atoms with Gasteiger partial charge in [0, 0.05) is 11.6 Å². The highest BCUT2D eigenvalue weighted by Gasteiger charge is 2.24. The highest BCUT2D eigenvalue weighted by molar-refractivity contribution is 5.31. The fourth-order valence-electron chi connectivity index (χ4n) is 2.83. The summed E-state index contributed by atoms with van der Waals surface area (Å²) < 4.78 is 32.8. The molecule has 1 aliphatic rings. The van der Waals surface area contributed by atoms with Crippen molar-refractivity contribution in [3.63, 3.8) is 0 Å². The Morgan fingerprint density at radius 3 is 2.86 bits per heavy atom. The van der Waals surface area contributed by atoms with E-state index in [-0.39, 0.29) is 11.7 Å². The summed E-state index contributed by atoms with van der Waals surface area (Å²) in [6.45, 7) is 0.625. The van der Waals surface area contributed by atoms with Crippen molar-refractivity contribution in [1.29, 1.82) is 0 Å². The summed E-state index contributed by atoms with van der Waals surface area (Å²) in [7, 11) is 0. The van der Waals surface area contributed by atoms with Crippen LogP contribution in [0.4, 0.5) is 8.78 Å². The van der Waals surface area contributed by atoms with Crippen LogP contribution in [0.2, 0.25) is 0 Å². The normalized spacial score (nSPS) is 19.1. The number of fused-ring (bicyclic) bond motifs is 1. The van der Waals surface area contributed by atoms with Crippen LogP contribution in [0.3, 0.4) is 0 Å². The zero-order valence-electron chi connectivity index (χ0n) is 11.6. The van der Waals surface area contributed by atoms with Gasteiger partial charge in [-0.25, -0.2) is 8.78 Å². The molecule has 2 atom stereocenters. The van der Waals surface area contributed by atoms with Crippen molar-refractivity contribution in [2.24, 2.45) is 5.73 Å². The molecule has 2 nitrogen and oxygen atoms in total. The van der Waals surface area contributed by atoms with Crippen molar-refractivity contribution < 1.29 is 13.5 Å². The Bertz CT molecular complexity index is 644. The minimum absolute atomic E-state index is 0.174. The molecule has 3 rings (SSSR count). The molecule has 2 unspecified atom stereocenters. The van der Waals surface area contributed by atoms with Crippen LogP contribution in [0.25, 0.3) is 0 Å². The third-order valence-electron chi connectivity index (χ3n) is 3.92. The van der Waals surface area contributed by atoms with Crippen molar-refractivity contribution in [3.8, 4) is 0 Å². The molecule has 0 spiro atoms. The molecular formula is C17H17F2NO. The maximum absolute atomic E-state index is 13.8. The van der Waals surface area contributed by atoms with E-state index in [0.29, 0.717) is 13.0 Å². The van der Waals surface area contributed by atoms with E-state index >= 15 is 0 Å². The summed E-state index contributed by atoms with van der Waals surface area (Å²) >= 11 is 0. The van der Waals surface area contributed by atoms with E-state index in [2.05, 4.69) is 6.07 Å². The van der Waals surface area contributed by atoms with Crippen LogP contribution in [-0.2, 0) is 11.2 Å². The number of benzene rings is 2. The largest absolute Gasteiger partial charge is 0.373 e. The molecule has 0 saturated heterocycles. The summed E-state index contributed by atoms with van der Waals surface area (Å²) in [5, 5.41) is 0. The number of hydrogen-bond donors (Lipinski definition) is 1. The third kappa shape index (κ3) is 2.96. The second-order valence-corrected chi connectivity index (χ2v) is 5.32. The van der Waals surface area contributed by atoms with E-state index in [9.17, 15) is 8.78 Å². The Morgan fingerprint density at radius 2 is 2.00 bits per heavy atom. The Labute approximate surface area is 122 Å². The molecule has 1 aliphatic heterocycles. The minimum atomic E-state index is -0.600. The summed E-state index contributed by atoms with van der Waals surface area (Å²) in [6, 6.07) is 10.8. The van der Waals surface area contributed by atoms with Gasteiger partial charge in [-0.2, -0.15) is 0 Å². The lowest BCUT2D eigenvalue weighted by molar-refractivity contribution is 0.0318. The van der Waals surface area contributed by atoms with Gasteiger partial charge >= 0.3 is 0 Å². The standard InChI is InChI=1S/C17H17F2NO/c18-12-5-6-15(19)14(9-12)16(20)10-17-13-4-2-1-3-11(13)7-8-21-17/h1-6,9,16-17H,7-8,10,20H2. The van der Waals surface area contributed by atoms with Gasteiger partial charge in [0.05, 0.1) is 12.7 Å². The number of halogens is 2. The van der Waals surface area contributed by atoms with Crippen molar-refractivity contribution >= 4 is 0 Å². The molecule has 0 saturated carbocycles. The van der Waals surface area contributed by atoms with Crippen molar-refractivity contribution in [2.75, 3.05) is 6.61 Å². The SMILES string of the molecule is NC(CC1OCCc2ccccc21)c1cc(F)ccc1F. The van der Waals surface area contributed by atoms with Gasteiger partial charge in [-0.3, -0.25) is 0 Å². The Kier molecular flexibility index (Phi) is 3.99. The molecule has 21 heavy (non-hydrogen) atoms. The Morgan fingerprint density at radius 1 is 1.19 bits per heavy atom. The van der Waals surface area contributed by atoms with E-state index in [1.807, 2.05) is 18.2 Å². The van der Waals surface area contributed by atoms with E-state index in [0.717, 1.165) is 30.2 Å². The van der Waals surface area contributed by atoms with Crippen LogP contribution < -0.4 is 5.73 Å². The molecular weight excluding hydrogens is 272 g/mol. The van der Waals surface area contributed by atoms with E-state index in [1.54, 1.807) is 0 Å². The lowest BCUT2D eigenvalue weighted by Gasteiger charge is -2.28. The van der Waals surface area contributed by atoms with Crippen LogP contribution in [-0.4, -0.2) is 6.61 Å². The number of nitrogens with two attached hydrogens (primary N) is 1. The predicted molar refractivity (Wildman–Crippen MR) is 76.7 cm³/mol. The highest BCUT2D eigenvalue weighted by atomic mass is 19.1. The summed E-state index contributed by atoms with van der Waals surface area (Å²) in [4.78, 5) is 0. The highest BCUT2D eigenvalue weighted by Crippen LogP contribution is 2.34. The lowest BCUT2D eigenvalue weighted by Crippen LogP contribution is -2.22. The van der Waals surface area contributed by atoms with Crippen LogP contribution >= 0.6 is 0 Å². The molecule has 0 fully saturated rings. The van der Waals surface area contributed by atoms with Crippen LogP contribution in [0.1, 0.15) is 35.3 Å². The molecule has 0 bridgehead atoms. The molecule has 0 aliphatic carbocycles. The van der Waals surface area contributed by atoms with Gasteiger partial charge in [-0.1, -0.05) is 24.3 Å². The van der Waals surface area contributed by atoms with Crippen LogP contribution in [0, 0.1) is 11.6 Å². The Balaban J connectivity index is 1.82. The molecule has 2 aromatic rings. The van der Waals surface area contributed by atoms with Gasteiger partial charge < -0.3 is 10.5 Å². The van der Waals surface area contributed by atoms with Gasteiger partial charge in [0.1, 0.15) is 11.6 Å². The van der Waals surface area contributed by atoms with Crippen LogP contribution in [0.5, 0.6) is 0 Å². The monoisotopic (exact) mass is 289 g/mol. The number of hydrogen-bond acceptors (Lipinski definition) is 2. The Hall–Kier alpha value is -1.78. The third-order valence-corrected chi connectivity index (χ3v) is 3.92. The summed E-state index contributed by atoms with van der Waals surface area (Å²) in [5.74, 6) is -0.959. The fourth-order valence-corrected chi connectivity index (χ4v) is 2.83. The van der Waals surface area contributed by atoms with E-state index < -0.39 is 17.7 Å². The zero-order chi connectivity index (χ0) is 14.8. The number of rotatable bonds is 3. The average Bonchev–Trinajstić information content (AvgIpc) is 2.50. The fraction of sp³-hybridized carbons (Fsp3) is 0.294. The summed E-state index contributed by atoms with van der Waals surface area (Å²) in [6.07, 6.45) is 1.13. The quantitative estimate of drug-likeness (QED) is 0.935. The molecule has 110 valence electrons. The second-order valence-electron chi connectivity index (χ2n) is 5.32. The average molecular weight is 289 g/mol. The van der Waals surface area contributed by atoms with Gasteiger partial charge in [0.15, 0.2) is 0 Å². The van der Waals surface area contributed by atoms with Crippen molar-refractivity contribution in [3.05, 3.63) is 70.8 Å². The van der Waals surface area contributed by atoms with Crippen LogP contribution in [0.15, 0.2) is 42.5 Å². The van der Waals surface area contributed by atoms with E-state index in [1.165, 1.54) is 5.56 Å². The minimum Gasteiger partial charge on any atom is -0.373 e. The van der Waals surface area contributed by atoms with E-state index in [4.69, 9.17) is 10.5 Å². The van der Waals surface area contributed by atoms with Gasteiger partial charge in [-0.05, 0) is 42.2 Å². The van der Waals surface area contributed by atoms with Gasteiger partial charge in [-0.15, -0.1) is 0 Å². The molecule has 0 aromatic heterocycles. The first-order valence-corrected chi connectivity index (χ1v) is 7.05. The van der Waals surface area contributed by atoms with Gasteiger partial charge in [0.25, 0.3) is 0 Å². The van der Waals surface area contributed by atoms with Crippen molar-refractivity contribution in [1.82, 2.24) is 0 Å². The summed E-state index contributed by atoms with van der Waals surface area (Å²) in [5.41, 5.74) is 8.59. The first-order valence-electron chi connectivity index (χ1n) is 7.05. The maximum Gasteiger partial charge on any atom is 0.128 e. The molecule has 2 N–H and O–H groups in total. The maximum atomic E-state index is 13.8. The number of ether oxygens (including phenoxy) is 1. The zero-order valence-corrected chi connectivity index (χ0v) is 11.6. The molecule has 4 heteroatoms. The molecule has 0 radical (unpaired) electrons.